The van der Waals surface area contributed by atoms with Crippen LogP contribution in [0.15, 0.2) is 12.4 Å². The average Bonchev–Trinajstić information content (AvgIpc) is 2.99. The molecular formula is C11H14N6. The minimum absolute atomic E-state index is 0.428. The highest BCUT2D eigenvalue weighted by atomic mass is 15.3. The summed E-state index contributed by atoms with van der Waals surface area (Å²) >= 11 is 0. The van der Waals surface area contributed by atoms with Gasteiger partial charge in [0.25, 0.3) is 5.95 Å². The molecule has 6 nitrogen and oxygen atoms in total. The number of rotatable bonds is 2. The zero-order valence-corrected chi connectivity index (χ0v) is 9.59. The van der Waals surface area contributed by atoms with Crippen LogP contribution in [0.1, 0.15) is 29.9 Å². The van der Waals surface area contributed by atoms with Gasteiger partial charge in [0.1, 0.15) is 11.6 Å². The molecule has 3 rings (SSSR count). The topological polar surface area (TPSA) is 95.6 Å². The van der Waals surface area contributed by atoms with Crippen LogP contribution >= 0.6 is 0 Å². The second-order valence-electron chi connectivity index (χ2n) is 4.44. The van der Waals surface area contributed by atoms with Crippen molar-refractivity contribution in [3.05, 3.63) is 23.5 Å². The highest BCUT2D eigenvalue weighted by Crippen LogP contribution is 2.44. The number of hydrogen-bond donors (Lipinski definition) is 2. The number of nitrogens with two attached hydrogens (primary N) is 2. The van der Waals surface area contributed by atoms with E-state index in [1.807, 2.05) is 13.1 Å². The molecule has 1 aliphatic rings. The second-order valence-corrected chi connectivity index (χ2v) is 4.44. The van der Waals surface area contributed by atoms with E-state index in [1.165, 1.54) is 0 Å². The van der Waals surface area contributed by atoms with Gasteiger partial charge in [0.2, 0.25) is 0 Å². The monoisotopic (exact) mass is 230 g/mol. The predicted molar refractivity (Wildman–Crippen MR) is 64.7 cm³/mol. The van der Waals surface area contributed by atoms with Crippen molar-refractivity contribution in [3.63, 3.8) is 0 Å². The molecule has 0 amide bonds. The van der Waals surface area contributed by atoms with Crippen molar-refractivity contribution in [2.45, 2.75) is 25.7 Å². The summed E-state index contributed by atoms with van der Waals surface area (Å²) in [6.07, 6.45) is 5.82. The van der Waals surface area contributed by atoms with Crippen molar-refractivity contribution in [2.24, 2.45) is 0 Å². The Balaban J connectivity index is 2.07. The zero-order valence-electron chi connectivity index (χ0n) is 9.59. The number of aryl methyl sites for hydroxylation is 1. The van der Waals surface area contributed by atoms with Gasteiger partial charge in [-0.1, -0.05) is 0 Å². The summed E-state index contributed by atoms with van der Waals surface area (Å²) in [7, 11) is 0. The van der Waals surface area contributed by atoms with Gasteiger partial charge in [0, 0.05) is 11.8 Å². The van der Waals surface area contributed by atoms with E-state index < -0.39 is 0 Å². The summed E-state index contributed by atoms with van der Waals surface area (Å²) in [6, 6.07) is 0. The van der Waals surface area contributed by atoms with Crippen molar-refractivity contribution in [3.8, 4) is 5.95 Å². The maximum atomic E-state index is 5.94. The molecule has 0 aliphatic heterocycles. The lowest BCUT2D eigenvalue weighted by Crippen LogP contribution is -2.10. The SMILES string of the molecule is Cc1cnn(-c2nc(N)c(C3CC3)c(N)n2)c1. The number of aromatic nitrogens is 4. The lowest BCUT2D eigenvalue weighted by molar-refractivity contribution is 0.807. The summed E-state index contributed by atoms with van der Waals surface area (Å²) in [5, 5.41) is 4.14. The van der Waals surface area contributed by atoms with Crippen LogP contribution in [0.5, 0.6) is 0 Å². The fourth-order valence-corrected chi connectivity index (χ4v) is 1.91. The van der Waals surface area contributed by atoms with Crippen molar-refractivity contribution in [1.82, 2.24) is 19.7 Å². The van der Waals surface area contributed by atoms with E-state index >= 15 is 0 Å². The highest BCUT2D eigenvalue weighted by molar-refractivity contribution is 5.58. The first-order valence-corrected chi connectivity index (χ1v) is 5.59. The molecule has 0 spiro atoms. The quantitative estimate of drug-likeness (QED) is 0.802. The minimum Gasteiger partial charge on any atom is -0.383 e. The molecule has 2 aromatic heterocycles. The average molecular weight is 230 g/mol. The van der Waals surface area contributed by atoms with E-state index in [-0.39, 0.29) is 0 Å². The minimum atomic E-state index is 0.428. The fraction of sp³-hybridized carbons (Fsp3) is 0.364. The first-order chi connectivity index (χ1) is 8.15. The smallest absolute Gasteiger partial charge is 0.254 e. The van der Waals surface area contributed by atoms with Crippen LogP contribution in [0.25, 0.3) is 5.95 Å². The van der Waals surface area contributed by atoms with Crippen LogP contribution in [-0.4, -0.2) is 19.7 Å². The molecule has 0 aromatic carbocycles. The molecule has 2 heterocycles. The summed E-state index contributed by atoms with van der Waals surface area (Å²) in [6.45, 7) is 1.95. The summed E-state index contributed by atoms with van der Waals surface area (Å²) < 4.78 is 1.58. The summed E-state index contributed by atoms with van der Waals surface area (Å²) in [4.78, 5) is 8.53. The van der Waals surface area contributed by atoms with Gasteiger partial charge in [-0.3, -0.25) is 0 Å². The van der Waals surface area contributed by atoms with Gasteiger partial charge in [0.15, 0.2) is 0 Å². The number of nitrogens with zero attached hydrogens (tertiary/aromatic N) is 4. The molecule has 2 aromatic rings. The normalized spacial score (nSPS) is 15.1. The Kier molecular flexibility index (Phi) is 2.04. The van der Waals surface area contributed by atoms with Crippen LogP contribution in [0.3, 0.4) is 0 Å². The van der Waals surface area contributed by atoms with Crippen molar-refractivity contribution < 1.29 is 0 Å². The van der Waals surface area contributed by atoms with E-state index in [4.69, 9.17) is 11.5 Å². The van der Waals surface area contributed by atoms with Crippen LogP contribution in [0.2, 0.25) is 0 Å². The lowest BCUT2D eigenvalue weighted by Gasteiger charge is -2.08. The highest BCUT2D eigenvalue weighted by Gasteiger charge is 2.29. The maximum absolute atomic E-state index is 5.94. The van der Waals surface area contributed by atoms with E-state index in [1.54, 1.807) is 10.9 Å². The van der Waals surface area contributed by atoms with Gasteiger partial charge in [-0.15, -0.1) is 0 Å². The third-order valence-electron chi connectivity index (χ3n) is 2.90. The predicted octanol–water partition coefficient (Wildman–Crippen LogP) is 1.01. The van der Waals surface area contributed by atoms with E-state index in [0.717, 1.165) is 24.0 Å². The van der Waals surface area contributed by atoms with Gasteiger partial charge in [-0.25, -0.2) is 4.68 Å². The maximum Gasteiger partial charge on any atom is 0.254 e. The molecule has 4 N–H and O–H groups in total. The van der Waals surface area contributed by atoms with Crippen molar-refractivity contribution in [1.29, 1.82) is 0 Å². The Morgan fingerprint density at radius 2 is 1.88 bits per heavy atom. The molecule has 0 unspecified atom stereocenters. The molecule has 1 saturated carbocycles. The van der Waals surface area contributed by atoms with Gasteiger partial charge < -0.3 is 11.5 Å². The molecule has 6 heteroatoms. The summed E-state index contributed by atoms with van der Waals surface area (Å²) in [5.41, 5.74) is 13.8. The molecule has 0 bridgehead atoms. The molecule has 0 radical (unpaired) electrons. The van der Waals surface area contributed by atoms with Gasteiger partial charge >= 0.3 is 0 Å². The Morgan fingerprint density at radius 1 is 1.24 bits per heavy atom. The van der Waals surface area contributed by atoms with Gasteiger partial charge in [-0.2, -0.15) is 15.1 Å². The Morgan fingerprint density at radius 3 is 2.35 bits per heavy atom. The van der Waals surface area contributed by atoms with Crippen molar-refractivity contribution >= 4 is 11.6 Å². The molecule has 0 atom stereocenters. The lowest BCUT2D eigenvalue weighted by atomic mass is 10.2. The third kappa shape index (κ3) is 1.71. The standard InChI is InChI=1S/C11H14N6/c1-6-4-14-17(5-6)11-15-9(12)8(7-2-3-7)10(13)16-11/h4-5,7H,2-3H2,1H3,(H4,12,13,15,16). The molecular weight excluding hydrogens is 216 g/mol. The van der Waals surface area contributed by atoms with Crippen LogP contribution in [0.4, 0.5) is 11.6 Å². The second kappa shape index (κ2) is 3.44. The third-order valence-corrected chi connectivity index (χ3v) is 2.90. The molecule has 1 aliphatic carbocycles. The molecule has 0 saturated heterocycles. The Bertz CT molecular complexity index is 546. The van der Waals surface area contributed by atoms with E-state index in [9.17, 15) is 0 Å². The zero-order chi connectivity index (χ0) is 12.0. The molecule has 17 heavy (non-hydrogen) atoms. The van der Waals surface area contributed by atoms with Crippen LogP contribution < -0.4 is 11.5 Å². The van der Waals surface area contributed by atoms with Crippen LogP contribution in [-0.2, 0) is 0 Å². The first kappa shape index (κ1) is 10.1. The number of hydrogen-bond acceptors (Lipinski definition) is 5. The number of anilines is 2. The van der Waals surface area contributed by atoms with Crippen LogP contribution in [0, 0.1) is 6.92 Å². The van der Waals surface area contributed by atoms with E-state index in [2.05, 4.69) is 15.1 Å². The first-order valence-electron chi connectivity index (χ1n) is 5.59. The van der Waals surface area contributed by atoms with Crippen molar-refractivity contribution in [2.75, 3.05) is 11.5 Å². The fourth-order valence-electron chi connectivity index (χ4n) is 1.91. The largest absolute Gasteiger partial charge is 0.383 e. The molecule has 88 valence electrons. The molecule has 1 fully saturated rings. The number of nitrogen functional groups attached to an aromatic ring is 2. The Labute approximate surface area is 98.7 Å². The van der Waals surface area contributed by atoms with Gasteiger partial charge in [-0.05, 0) is 31.2 Å². The Hall–Kier alpha value is -2.11. The van der Waals surface area contributed by atoms with E-state index in [0.29, 0.717) is 23.5 Å². The summed E-state index contributed by atoms with van der Waals surface area (Å²) in [5.74, 6) is 1.83. The van der Waals surface area contributed by atoms with Gasteiger partial charge in [0.05, 0.1) is 6.20 Å².